The molecular weight excluding hydrogens is 260 g/mol. The summed E-state index contributed by atoms with van der Waals surface area (Å²) in [5.74, 6) is 1.67. The third kappa shape index (κ3) is 2.67. The van der Waals surface area contributed by atoms with Gasteiger partial charge in [-0.05, 0) is 49.9 Å². The van der Waals surface area contributed by atoms with Gasteiger partial charge < -0.3 is 9.73 Å². The summed E-state index contributed by atoms with van der Waals surface area (Å²) in [7, 11) is 0. The number of rotatable bonds is 3. The molecule has 4 heteroatoms. The molecule has 19 heavy (non-hydrogen) atoms. The van der Waals surface area contributed by atoms with E-state index in [1.165, 1.54) is 11.1 Å². The summed E-state index contributed by atoms with van der Waals surface area (Å²) < 4.78 is 5.58. The largest absolute Gasteiger partial charge is 0.444 e. The molecule has 1 aliphatic rings. The maximum absolute atomic E-state index is 6.02. The van der Waals surface area contributed by atoms with E-state index in [-0.39, 0.29) is 0 Å². The van der Waals surface area contributed by atoms with E-state index >= 15 is 0 Å². The summed E-state index contributed by atoms with van der Waals surface area (Å²) in [6, 6.07) is 6.60. The average molecular weight is 277 g/mol. The topological polar surface area (TPSA) is 38.1 Å². The Morgan fingerprint density at radius 1 is 1.32 bits per heavy atom. The molecule has 0 aliphatic heterocycles. The normalized spacial score (nSPS) is 17.7. The highest BCUT2D eigenvalue weighted by molar-refractivity contribution is 6.30. The number of benzene rings is 1. The zero-order valence-electron chi connectivity index (χ0n) is 11.2. The van der Waals surface area contributed by atoms with Gasteiger partial charge in [0.2, 0.25) is 5.89 Å². The van der Waals surface area contributed by atoms with Crippen molar-refractivity contribution in [1.29, 1.82) is 0 Å². The summed E-state index contributed by atoms with van der Waals surface area (Å²) in [5, 5.41) is 4.32. The van der Waals surface area contributed by atoms with Crippen LogP contribution >= 0.6 is 11.6 Å². The van der Waals surface area contributed by atoms with E-state index in [1.807, 2.05) is 19.9 Å². The van der Waals surface area contributed by atoms with Crippen LogP contribution in [0.3, 0.4) is 0 Å². The second-order valence-electron chi connectivity index (χ2n) is 5.15. The minimum Gasteiger partial charge on any atom is -0.444 e. The van der Waals surface area contributed by atoms with Crippen molar-refractivity contribution in [1.82, 2.24) is 10.3 Å². The first-order valence-corrected chi connectivity index (χ1v) is 6.93. The Labute approximate surface area is 118 Å². The van der Waals surface area contributed by atoms with Crippen molar-refractivity contribution in [2.75, 3.05) is 0 Å². The lowest BCUT2D eigenvalue weighted by atomic mass is 10.1. The van der Waals surface area contributed by atoms with Crippen LogP contribution in [0, 0.1) is 13.8 Å². The van der Waals surface area contributed by atoms with Crippen LogP contribution < -0.4 is 5.32 Å². The number of hydrogen-bond acceptors (Lipinski definition) is 3. The molecule has 100 valence electrons. The molecule has 1 atom stereocenters. The summed E-state index contributed by atoms with van der Waals surface area (Å²) in [5.41, 5.74) is 3.71. The fourth-order valence-electron chi connectivity index (χ4n) is 2.58. The van der Waals surface area contributed by atoms with Crippen molar-refractivity contribution in [3.8, 4) is 0 Å². The van der Waals surface area contributed by atoms with E-state index in [0.29, 0.717) is 12.6 Å². The molecule has 0 amide bonds. The van der Waals surface area contributed by atoms with Gasteiger partial charge in [-0.25, -0.2) is 4.98 Å². The number of fused-ring (bicyclic) bond motifs is 1. The van der Waals surface area contributed by atoms with Gasteiger partial charge in [0, 0.05) is 11.1 Å². The molecule has 1 N–H and O–H groups in total. The average Bonchev–Trinajstić information content (AvgIpc) is 2.90. The molecule has 1 aromatic heterocycles. The molecule has 3 rings (SSSR count). The molecule has 0 fully saturated rings. The molecule has 1 aromatic carbocycles. The molecule has 0 radical (unpaired) electrons. The molecule has 1 heterocycles. The number of nitrogens with zero attached hydrogens (tertiary/aromatic N) is 1. The first-order valence-electron chi connectivity index (χ1n) is 6.55. The molecular formula is C15H17ClN2O. The molecule has 0 saturated heterocycles. The number of aromatic nitrogens is 1. The standard InChI is InChI=1S/C15H17ClN2O/c1-9-10(2)19-15(18-9)8-17-14-6-11-3-4-13(16)5-12(11)7-14/h3-5,14,17H,6-8H2,1-2H3. The van der Waals surface area contributed by atoms with Gasteiger partial charge in [0.1, 0.15) is 5.76 Å². The van der Waals surface area contributed by atoms with Gasteiger partial charge in [-0.3, -0.25) is 0 Å². The summed E-state index contributed by atoms with van der Waals surface area (Å²) in [6.07, 6.45) is 2.07. The first kappa shape index (κ1) is 12.7. The van der Waals surface area contributed by atoms with Crippen LogP contribution in [0.5, 0.6) is 0 Å². The van der Waals surface area contributed by atoms with Gasteiger partial charge in [0.25, 0.3) is 0 Å². The maximum atomic E-state index is 6.02. The maximum Gasteiger partial charge on any atom is 0.208 e. The van der Waals surface area contributed by atoms with Crippen LogP contribution in [0.1, 0.15) is 28.5 Å². The van der Waals surface area contributed by atoms with E-state index in [9.17, 15) is 0 Å². The zero-order valence-corrected chi connectivity index (χ0v) is 11.9. The van der Waals surface area contributed by atoms with E-state index in [1.54, 1.807) is 0 Å². The van der Waals surface area contributed by atoms with Crippen LogP contribution in [0.2, 0.25) is 5.02 Å². The third-order valence-electron chi connectivity index (χ3n) is 3.72. The fourth-order valence-corrected chi connectivity index (χ4v) is 2.77. The number of aryl methyl sites for hydroxylation is 2. The number of nitrogens with one attached hydrogen (secondary N) is 1. The van der Waals surface area contributed by atoms with Crippen LogP contribution in [0.4, 0.5) is 0 Å². The highest BCUT2D eigenvalue weighted by Crippen LogP contribution is 2.25. The van der Waals surface area contributed by atoms with Crippen LogP contribution in [-0.2, 0) is 19.4 Å². The van der Waals surface area contributed by atoms with Crippen LogP contribution in [0.25, 0.3) is 0 Å². The number of oxazole rings is 1. The SMILES string of the molecule is Cc1nc(CNC2Cc3ccc(Cl)cc3C2)oc1C. The second kappa shape index (κ2) is 4.99. The second-order valence-corrected chi connectivity index (χ2v) is 5.58. The fraction of sp³-hybridized carbons (Fsp3) is 0.400. The number of hydrogen-bond donors (Lipinski definition) is 1. The first-order chi connectivity index (χ1) is 9.11. The van der Waals surface area contributed by atoms with Gasteiger partial charge >= 0.3 is 0 Å². The van der Waals surface area contributed by atoms with Gasteiger partial charge in [-0.1, -0.05) is 17.7 Å². The molecule has 0 bridgehead atoms. The smallest absolute Gasteiger partial charge is 0.208 e. The molecule has 1 unspecified atom stereocenters. The molecule has 3 nitrogen and oxygen atoms in total. The van der Waals surface area contributed by atoms with Gasteiger partial charge in [0.05, 0.1) is 12.2 Å². The van der Waals surface area contributed by atoms with Gasteiger partial charge in [-0.2, -0.15) is 0 Å². The predicted octanol–water partition coefficient (Wildman–Crippen LogP) is 3.20. The molecule has 0 saturated carbocycles. The quantitative estimate of drug-likeness (QED) is 0.935. The van der Waals surface area contributed by atoms with Crippen LogP contribution in [0.15, 0.2) is 22.6 Å². The molecule has 1 aliphatic carbocycles. The van der Waals surface area contributed by atoms with Crippen molar-refractivity contribution < 1.29 is 4.42 Å². The van der Waals surface area contributed by atoms with Crippen molar-refractivity contribution in [2.24, 2.45) is 0 Å². The third-order valence-corrected chi connectivity index (χ3v) is 3.95. The van der Waals surface area contributed by atoms with Gasteiger partial charge in [-0.15, -0.1) is 0 Å². The van der Waals surface area contributed by atoms with E-state index in [2.05, 4.69) is 22.4 Å². The zero-order chi connectivity index (χ0) is 13.4. The highest BCUT2D eigenvalue weighted by Gasteiger charge is 2.21. The number of halogens is 1. The van der Waals surface area contributed by atoms with E-state index in [0.717, 1.165) is 35.2 Å². The van der Waals surface area contributed by atoms with Crippen molar-refractivity contribution in [2.45, 2.75) is 39.3 Å². The highest BCUT2D eigenvalue weighted by atomic mass is 35.5. The summed E-state index contributed by atoms with van der Waals surface area (Å²) in [4.78, 5) is 4.38. The Morgan fingerprint density at radius 2 is 2.11 bits per heavy atom. The van der Waals surface area contributed by atoms with E-state index in [4.69, 9.17) is 16.0 Å². The Kier molecular flexibility index (Phi) is 3.33. The van der Waals surface area contributed by atoms with Crippen molar-refractivity contribution in [3.05, 3.63) is 51.7 Å². The Morgan fingerprint density at radius 3 is 2.84 bits per heavy atom. The van der Waals surface area contributed by atoms with Crippen molar-refractivity contribution in [3.63, 3.8) is 0 Å². The molecule has 0 spiro atoms. The lowest BCUT2D eigenvalue weighted by Gasteiger charge is -2.09. The van der Waals surface area contributed by atoms with E-state index < -0.39 is 0 Å². The molecule has 2 aromatic rings. The van der Waals surface area contributed by atoms with Crippen LogP contribution in [-0.4, -0.2) is 11.0 Å². The summed E-state index contributed by atoms with van der Waals surface area (Å²) in [6.45, 7) is 4.59. The lowest BCUT2D eigenvalue weighted by molar-refractivity contribution is 0.424. The monoisotopic (exact) mass is 276 g/mol. The minimum atomic E-state index is 0.445. The Bertz CT molecular complexity index is 587. The Balaban J connectivity index is 1.61. The van der Waals surface area contributed by atoms with Gasteiger partial charge in [0.15, 0.2) is 0 Å². The Hall–Kier alpha value is -1.32. The predicted molar refractivity (Wildman–Crippen MR) is 75.5 cm³/mol. The lowest BCUT2D eigenvalue weighted by Crippen LogP contribution is -2.29. The summed E-state index contributed by atoms with van der Waals surface area (Å²) >= 11 is 6.02. The van der Waals surface area contributed by atoms with Crippen molar-refractivity contribution >= 4 is 11.6 Å². The minimum absolute atomic E-state index is 0.445.